The van der Waals surface area contributed by atoms with E-state index in [0.29, 0.717) is 12.4 Å². The van der Waals surface area contributed by atoms with E-state index in [0.717, 1.165) is 18.4 Å². The molecule has 0 bridgehead atoms. The summed E-state index contributed by atoms with van der Waals surface area (Å²) < 4.78 is 37.9. The summed E-state index contributed by atoms with van der Waals surface area (Å²) in [6.45, 7) is 2.56. The SMILES string of the molecule is COC(=O)c1nc2n(c(=O)c1O)CCCC2N(C)[C@H](C)c1ccccc1.O=C(O)C(F)(F)F. The Morgan fingerprint density at radius 2 is 1.85 bits per heavy atom. The molecule has 0 spiro atoms. The van der Waals surface area contributed by atoms with Crippen LogP contribution in [0.2, 0.25) is 0 Å². The molecule has 0 saturated heterocycles. The highest BCUT2D eigenvalue weighted by Crippen LogP contribution is 2.34. The quantitative estimate of drug-likeness (QED) is 0.653. The average Bonchev–Trinajstić information content (AvgIpc) is 2.79. The molecule has 2 N–H and O–H groups in total. The third-order valence-electron chi connectivity index (χ3n) is 5.34. The van der Waals surface area contributed by atoms with Crippen molar-refractivity contribution in [2.45, 2.75) is 44.6 Å². The van der Waals surface area contributed by atoms with Crippen molar-refractivity contribution >= 4 is 11.9 Å². The zero-order chi connectivity index (χ0) is 24.9. The molecule has 0 fully saturated rings. The number of hydrogen-bond acceptors (Lipinski definition) is 7. The lowest BCUT2D eigenvalue weighted by atomic mass is 10.00. The zero-order valence-corrected chi connectivity index (χ0v) is 18.2. The number of nitrogens with zero attached hydrogens (tertiary/aromatic N) is 3. The van der Waals surface area contributed by atoms with Crippen LogP contribution in [-0.2, 0) is 16.1 Å². The summed E-state index contributed by atoms with van der Waals surface area (Å²) in [5, 5.41) is 17.2. The van der Waals surface area contributed by atoms with Crippen LogP contribution >= 0.6 is 0 Å². The number of rotatable bonds is 4. The molecule has 1 aromatic carbocycles. The third kappa shape index (κ3) is 5.89. The van der Waals surface area contributed by atoms with Crippen LogP contribution in [0.3, 0.4) is 0 Å². The molecule has 0 amide bonds. The number of benzene rings is 1. The van der Waals surface area contributed by atoms with Gasteiger partial charge in [-0.15, -0.1) is 0 Å². The van der Waals surface area contributed by atoms with Crippen LogP contribution in [0.4, 0.5) is 13.2 Å². The molecule has 2 aromatic rings. The first kappa shape index (κ1) is 25.8. The van der Waals surface area contributed by atoms with Gasteiger partial charge in [-0.25, -0.2) is 14.6 Å². The number of carbonyl (C=O) groups excluding carboxylic acids is 1. The van der Waals surface area contributed by atoms with E-state index < -0.39 is 29.4 Å². The van der Waals surface area contributed by atoms with Crippen LogP contribution in [0.25, 0.3) is 0 Å². The molecule has 2 heterocycles. The minimum Gasteiger partial charge on any atom is -0.501 e. The number of alkyl halides is 3. The lowest BCUT2D eigenvalue weighted by molar-refractivity contribution is -0.192. The van der Waals surface area contributed by atoms with Gasteiger partial charge in [-0.1, -0.05) is 30.3 Å². The van der Waals surface area contributed by atoms with Crippen molar-refractivity contribution in [1.82, 2.24) is 14.5 Å². The Hall–Kier alpha value is -3.41. The van der Waals surface area contributed by atoms with Gasteiger partial charge in [-0.3, -0.25) is 14.3 Å². The van der Waals surface area contributed by atoms with Gasteiger partial charge in [-0.05, 0) is 32.4 Å². The Bertz CT molecular complexity index is 1060. The van der Waals surface area contributed by atoms with E-state index >= 15 is 0 Å². The summed E-state index contributed by atoms with van der Waals surface area (Å²) >= 11 is 0. The largest absolute Gasteiger partial charge is 0.501 e. The van der Waals surface area contributed by atoms with Gasteiger partial charge < -0.3 is 14.9 Å². The maximum atomic E-state index is 12.5. The molecule has 0 radical (unpaired) electrons. The Balaban J connectivity index is 0.000000479. The molecule has 1 aliphatic rings. The van der Waals surface area contributed by atoms with Gasteiger partial charge in [0.25, 0.3) is 5.56 Å². The molecule has 0 aliphatic carbocycles. The fourth-order valence-corrected chi connectivity index (χ4v) is 3.46. The fraction of sp³-hybridized carbons (Fsp3) is 0.429. The zero-order valence-electron chi connectivity index (χ0n) is 18.2. The first-order valence-corrected chi connectivity index (χ1v) is 9.89. The van der Waals surface area contributed by atoms with E-state index in [4.69, 9.17) is 9.90 Å². The Morgan fingerprint density at radius 3 is 2.36 bits per heavy atom. The number of carbonyl (C=O) groups is 2. The molecule has 12 heteroatoms. The molecule has 33 heavy (non-hydrogen) atoms. The smallest absolute Gasteiger partial charge is 0.490 e. The molecule has 2 atom stereocenters. The van der Waals surface area contributed by atoms with Gasteiger partial charge in [0, 0.05) is 12.6 Å². The van der Waals surface area contributed by atoms with Gasteiger partial charge >= 0.3 is 18.1 Å². The van der Waals surface area contributed by atoms with Crippen molar-refractivity contribution in [2.75, 3.05) is 14.2 Å². The average molecular weight is 471 g/mol. The number of hydrogen-bond donors (Lipinski definition) is 2. The number of methoxy groups -OCH3 is 1. The fourth-order valence-electron chi connectivity index (χ4n) is 3.46. The predicted molar refractivity (Wildman–Crippen MR) is 110 cm³/mol. The molecule has 1 unspecified atom stereocenters. The van der Waals surface area contributed by atoms with Crippen LogP contribution in [-0.4, -0.2) is 56.9 Å². The van der Waals surface area contributed by atoms with Crippen LogP contribution in [0, 0.1) is 0 Å². The minimum absolute atomic E-state index is 0.0973. The monoisotopic (exact) mass is 471 g/mol. The van der Waals surface area contributed by atoms with E-state index in [9.17, 15) is 27.9 Å². The van der Waals surface area contributed by atoms with E-state index in [2.05, 4.69) is 33.7 Å². The predicted octanol–water partition coefficient (Wildman–Crippen LogP) is 2.90. The summed E-state index contributed by atoms with van der Waals surface area (Å²) in [6.07, 6.45) is -3.48. The Labute approximate surface area is 187 Å². The number of ether oxygens (including phenoxy) is 1. The van der Waals surface area contributed by atoms with E-state index in [1.54, 1.807) is 0 Å². The summed E-state index contributed by atoms with van der Waals surface area (Å²) in [5.74, 6) is -3.73. The summed E-state index contributed by atoms with van der Waals surface area (Å²) in [5.41, 5.74) is 0.235. The topological polar surface area (TPSA) is 122 Å². The van der Waals surface area contributed by atoms with Crippen LogP contribution in [0.15, 0.2) is 35.1 Å². The summed E-state index contributed by atoms with van der Waals surface area (Å²) in [4.78, 5) is 39.8. The number of aliphatic carboxylic acids is 1. The number of aromatic hydroxyl groups is 1. The van der Waals surface area contributed by atoms with Crippen molar-refractivity contribution in [3.05, 3.63) is 57.8 Å². The first-order chi connectivity index (χ1) is 15.4. The normalized spacial score (nSPS) is 16.3. The second kappa shape index (κ2) is 10.5. The lowest BCUT2D eigenvalue weighted by Gasteiger charge is -2.36. The molecule has 9 nitrogen and oxygen atoms in total. The van der Waals surface area contributed by atoms with E-state index in [1.807, 2.05) is 25.2 Å². The van der Waals surface area contributed by atoms with Crippen molar-refractivity contribution in [3.8, 4) is 5.75 Å². The molecule has 0 saturated carbocycles. The molecule has 180 valence electrons. The van der Waals surface area contributed by atoms with Gasteiger partial charge in [-0.2, -0.15) is 13.2 Å². The number of halogens is 3. The van der Waals surface area contributed by atoms with E-state index in [-0.39, 0.29) is 17.8 Å². The van der Waals surface area contributed by atoms with Gasteiger partial charge in [0.05, 0.1) is 13.2 Å². The molecule has 1 aromatic heterocycles. The number of esters is 1. The Morgan fingerprint density at radius 1 is 1.27 bits per heavy atom. The molecular weight excluding hydrogens is 447 g/mol. The highest BCUT2D eigenvalue weighted by molar-refractivity contribution is 5.89. The Kier molecular flexibility index (Phi) is 8.20. The second-order valence-electron chi connectivity index (χ2n) is 7.33. The van der Waals surface area contributed by atoms with Gasteiger partial charge in [0.1, 0.15) is 5.82 Å². The van der Waals surface area contributed by atoms with Crippen molar-refractivity contribution in [1.29, 1.82) is 0 Å². The molecule has 3 rings (SSSR count). The number of aromatic nitrogens is 2. The highest BCUT2D eigenvalue weighted by Gasteiger charge is 2.38. The van der Waals surface area contributed by atoms with E-state index in [1.165, 1.54) is 11.7 Å². The molecule has 1 aliphatic heterocycles. The summed E-state index contributed by atoms with van der Waals surface area (Å²) in [7, 11) is 3.18. The number of carboxylic acids is 1. The third-order valence-corrected chi connectivity index (χ3v) is 5.34. The van der Waals surface area contributed by atoms with Crippen LogP contribution in [0.5, 0.6) is 5.75 Å². The minimum atomic E-state index is -5.08. The van der Waals surface area contributed by atoms with Crippen molar-refractivity contribution in [3.63, 3.8) is 0 Å². The van der Waals surface area contributed by atoms with Gasteiger partial charge in [0.15, 0.2) is 5.69 Å². The number of fused-ring (bicyclic) bond motifs is 1. The standard InChI is InChI=1S/C19H23N3O4.C2HF3O2/c1-12(13-8-5-4-6-9-13)21(2)14-10-7-11-22-17(14)20-15(19(25)26-3)16(23)18(22)24;3-2(4,5)1(6)7/h4-6,8-9,12,14,23H,7,10-11H2,1-3H3;(H,6,7)/t12-,14?;/m1./s1. The maximum absolute atomic E-state index is 12.5. The van der Waals surface area contributed by atoms with Crippen molar-refractivity contribution < 1.29 is 37.7 Å². The van der Waals surface area contributed by atoms with Crippen molar-refractivity contribution in [2.24, 2.45) is 0 Å². The van der Waals surface area contributed by atoms with Crippen LogP contribution < -0.4 is 5.56 Å². The number of carboxylic acid groups (broad SMARTS) is 1. The maximum Gasteiger partial charge on any atom is 0.490 e. The molecular formula is C21H24F3N3O6. The first-order valence-electron chi connectivity index (χ1n) is 9.89. The highest BCUT2D eigenvalue weighted by atomic mass is 19.4. The van der Waals surface area contributed by atoms with Crippen LogP contribution in [0.1, 0.15) is 53.7 Å². The second-order valence-corrected chi connectivity index (χ2v) is 7.33. The summed E-state index contributed by atoms with van der Waals surface area (Å²) in [6, 6.07) is 10.0. The van der Waals surface area contributed by atoms with Gasteiger partial charge in [0.2, 0.25) is 5.75 Å². The lowest BCUT2D eigenvalue weighted by Crippen LogP contribution is -2.38.